The second-order valence-corrected chi connectivity index (χ2v) is 7.20. The number of aromatic hydroxyl groups is 1. The van der Waals surface area contributed by atoms with Crippen LogP contribution in [0.1, 0.15) is 31.2 Å². The van der Waals surface area contributed by atoms with Gasteiger partial charge in [0.25, 0.3) is 0 Å². The van der Waals surface area contributed by atoms with Crippen LogP contribution in [0.15, 0.2) is 46.9 Å². The van der Waals surface area contributed by atoms with E-state index in [-0.39, 0.29) is 24.9 Å². The predicted octanol–water partition coefficient (Wildman–Crippen LogP) is 4.63. The second-order valence-electron chi connectivity index (χ2n) is 6.34. The van der Waals surface area contributed by atoms with Crippen LogP contribution in [0.25, 0.3) is 0 Å². The van der Waals surface area contributed by atoms with Crippen molar-refractivity contribution < 1.29 is 19.4 Å². The zero-order valence-electron chi connectivity index (χ0n) is 14.4. The van der Waals surface area contributed by atoms with Gasteiger partial charge in [-0.2, -0.15) is 0 Å². The first-order valence-electron chi connectivity index (χ1n) is 8.72. The van der Waals surface area contributed by atoms with Gasteiger partial charge in [-0.3, -0.25) is 4.79 Å². The number of rotatable bonds is 7. The molecule has 0 unspecified atom stereocenters. The summed E-state index contributed by atoms with van der Waals surface area (Å²) < 4.78 is 11.9. The first-order valence-corrected chi connectivity index (χ1v) is 9.52. The fraction of sp³-hybridized carbons (Fsp3) is 0.350. The topological polar surface area (TPSA) is 67.8 Å². The van der Waals surface area contributed by atoms with Crippen molar-refractivity contribution in [2.45, 2.75) is 38.2 Å². The lowest BCUT2D eigenvalue weighted by Gasteiger charge is -2.13. The third-order valence-corrected chi connectivity index (χ3v) is 5.00. The number of carbonyl (C=O) groups excluding carboxylic acids is 1. The van der Waals surface area contributed by atoms with Crippen LogP contribution in [0.2, 0.25) is 0 Å². The molecule has 2 aromatic rings. The van der Waals surface area contributed by atoms with Gasteiger partial charge in [-0.1, -0.05) is 31.0 Å². The third-order valence-electron chi connectivity index (χ3n) is 4.36. The molecule has 0 radical (unpaired) electrons. The minimum absolute atomic E-state index is 0.0157. The maximum atomic E-state index is 12.2. The molecule has 1 amide bonds. The van der Waals surface area contributed by atoms with Crippen LogP contribution >= 0.6 is 15.9 Å². The fourth-order valence-corrected chi connectivity index (χ4v) is 3.36. The molecule has 1 aliphatic rings. The predicted molar refractivity (Wildman–Crippen MR) is 103 cm³/mol. The van der Waals surface area contributed by atoms with E-state index >= 15 is 0 Å². The second kappa shape index (κ2) is 9.05. The standard InChI is InChI=1S/C20H22BrNO4/c21-17-9-4-10-18(20(17)24)22-19(23)12-14-5-3-8-16(11-14)26-13-25-15-6-1-2-7-15/h3-5,8-11,15,24H,1-2,6-7,12-13H2,(H,22,23). The number of carbonyl (C=O) groups is 1. The Bertz CT molecular complexity index is 759. The Labute approximate surface area is 161 Å². The van der Waals surface area contributed by atoms with Gasteiger partial charge in [0.15, 0.2) is 12.5 Å². The molecular formula is C20H22BrNO4. The molecule has 0 spiro atoms. The monoisotopic (exact) mass is 419 g/mol. The van der Waals surface area contributed by atoms with Crippen molar-refractivity contribution in [1.82, 2.24) is 0 Å². The minimum atomic E-state index is -0.210. The first kappa shape index (κ1) is 18.7. The molecule has 6 heteroatoms. The summed E-state index contributed by atoms with van der Waals surface area (Å²) in [6.45, 7) is 0.228. The molecule has 0 bridgehead atoms. The van der Waals surface area contributed by atoms with Gasteiger partial charge in [0, 0.05) is 0 Å². The quantitative estimate of drug-likeness (QED) is 0.506. The van der Waals surface area contributed by atoms with Gasteiger partial charge < -0.3 is 19.9 Å². The van der Waals surface area contributed by atoms with Gasteiger partial charge in [-0.25, -0.2) is 0 Å². The summed E-state index contributed by atoms with van der Waals surface area (Å²) in [5.74, 6) is 0.485. The summed E-state index contributed by atoms with van der Waals surface area (Å²) in [4.78, 5) is 12.2. The summed E-state index contributed by atoms with van der Waals surface area (Å²) in [5, 5.41) is 12.7. The summed E-state index contributed by atoms with van der Waals surface area (Å²) in [6, 6.07) is 12.5. The highest BCUT2D eigenvalue weighted by molar-refractivity contribution is 9.10. The van der Waals surface area contributed by atoms with Gasteiger partial charge in [-0.05, 0) is 58.6 Å². The van der Waals surface area contributed by atoms with E-state index < -0.39 is 0 Å². The molecular weight excluding hydrogens is 398 g/mol. The van der Waals surface area contributed by atoms with Gasteiger partial charge in [0.1, 0.15) is 5.75 Å². The number of phenols is 1. The molecule has 0 aromatic heterocycles. The Morgan fingerprint density at radius 3 is 2.77 bits per heavy atom. The van der Waals surface area contributed by atoms with Gasteiger partial charge in [0.2, 0.25) is 5.91 Å². The summed E-state index contributed by atoms with van der Waals surface area (Å²) in [5.41, 5.74) is 1.21. The van der Waals surface area contributed by atoms with Crippen LogP contribution in [0.3, 0.4) is 0 Å². The number of amides is 1. The molecule has 138 valence electrons. The van der Waals surface area contributed by atoms with E-state index in [0.29, 0.717) is 22.0 Å². The molecule has 26 heavy (non-hydrogen) atoms. The minimum Gasteiger partial charge on any atom is -0.505 e. The van der Waals surface area contributed by atoms with E-state index in [1.54, 1.807) is 18.2 Å². The van der Waals surface area contributed by atoms with Crippen molar-refractivity contribution in [3.8, 4) is 11.5 Å². The van der Waals surface area contributed by atoms with Crippen LogP contribution in [0.4, 0.5) is 5.69 Å². The average Bonchev–Trinajstić information content (AvgIpc) is 3.13. The summed E-state index contributed by atoms with van der Waals surface area (Å²) in [7, 11) is 0. The highest BCUT2D eigenvalue weighted by atomic mass is 79.9. The molecule has 5 nitrogen and oxygen atoms in total. The van der Waals surface area contributed by atoms with E-state index in [1.807, 2.05) is 24.3 Å². The van der Waals surface area contributed by atoms with Crippen LogP contribution in [0.5, 0.6) is 11.5 Å². The van der Waals surface area contributed by atoms with E-state index in [1.165, 1.54) is 12.8 Å². The molecule has 1 saturated carbocycles. The van der Waals surface area contributed by atoms with Gasteiger partial charge in [0.05, 0.1) is 22.7 Å². The Morgan fingerprint density at radius 2 is 1.96 bits per heavy atom. The maximum Gasteiger partial charge on any atom is 0.228 e. The highest BCUT2D eigenvalue weighted by Crippen LogP contribution is 2.31. The summed E-state index contributed by atoms with van der Waals surface area (Å²) in [6.07, 6.45) is 5.15. The zero-order chi connectivity index (χ0) is 18.4. The van der Waals surface area contributed by atoms with Crippen LogP contribution in [-0.4, -0.2) is 23.9 Å². The van der Waals surface area contributed by atoms with E-state index in [0.717, 1.165) is 18.4 Å². The van der Waals surface area contributed by atoms with Crippen molar-refractivity contribution in [3.63, 3.8) is 0 Å². The molecule has 2 aromatic carbocycles. The number of nitrogens with one attached hydrogen (secondary N) is 1. The Hall–Kier alpha value is -2.05. The normalized spacial score (nSPS) is 14.3. The fourth-order valence-electron chi connectivity index (χ4n) is 2.99. The van der Waals surface area contributed by atoms with Gasteiger partial charge >= 0.3 is 0 Å². The molecule has 2 N–H and O–H groups in total. The molecule has 1 fully saturated rings. The van der Waals surface area contributed by atoms with Crippen LogP contribution < -0.4 is 10.1 Å². The number of ether oxygens (including phenoxy) is 2. The smallest absolute Gasteiger partial charge is 0.228 e. The molecule has 0 atom stereocenters. The Morgan fingerprint density at radius 1 is 1.19 bits per heavy atom. The first-order chi connectivity index (χ1) is 12.6. The number of anilines is 1. The van der Waals surface area contributed by atoms with Crippen molar-refractivity contribution >= 4 is 27.5 Å². The van der Waals surface area contributed by atoms with Gasteiger partial charge in [-0.15, -0.1) is 0 Å². The maximum absolute atomic E-state index is 12.2. The van der Waals surface area contributed by atoms with Crippen molar-refractivity contribution in [3.05, 3.63) is 52.5 Å². The van der Waals surface area contributed by atoms with Crippen LogP contribution in [-0.2, 0) is 16.0 Å². The van der Waals surface area contributed by atoms with Crippen molar-refractivity contribution in [1.29, 1.82) is 0 Å². The number of halogens is 1. The molecule has 1 aliphatic carbocycles. The third kappa shape index (κ3) is 5.22. The SMILES string of the molecule is O=C(Cc1cccc(OCOC2CCCC2)c1)Nc1cccc(Br)c1O. The van der Waals surface area contributed by atoms with Crippen molar-refractivity contribution in [2.24, 2.45) is 0 Å². The molecule has 3 rings (SSSR count). The van der Waals surface area contributed by atoms with E-state index in [2.05, 4.69) is 21.2 Å². The van der Waals surface area contributed by atoms with E-state index in [9.17, 15) is 9.90 Å². The summed E-state index contributed by atoms with van der Waals surface area (Å²) >= 11 is 3.23. The lowest BCUT2D eigenvalue weighted by molar-refractivity contribution is -0.115. The Kier molecular flexibility index (Phi) is 6.52. The highest BCUT2D eigenvalue weighted by Gasteiger charge is 2.15. The number of para-hydroxylation sites is 1. The number of hydrogen-bond acceptors (Lipinski definition) is 4. The van der Waals surface area contributed by atoms with Crippen molar-refractivity contribution in [2.75, 3.05) is 12.1 Å². The number of phenolic OH excluding ortho intramolecular Hbond substituents is 1. The average molecular weight is 420 g/mol. The largest absolute Gasteiger partial charge is 0.505 e. The lowest BCUT2D eigenvalue weighted by atomic mass is 10.1. The lowest BCUT2D eigenvalue weighted by Crippen LogP contribution is -2.15. The molecule has 0 heterocycles. The number of hydrogen-bond donors (Lipinski definition) is 2. The molecule has 0 aliphatic heterocycles. The van der Waals surface area contributed by atoms with E-state index in [4.69, 9.17) is 9.47 Å². The Balaban J connectivity index is 1.52. The number of benzene rings is 2. The zero-order valence-corrected chi connectivity index (χ0v) is 16.0. The molecule has 0 saturated heterocycles. The van der Waals surface area contributed by atoms with Crippen LogP contribution in [0, 0.1) is 0 Å².